The zero-order valence-electron chi connectivity index (χ0n) is 12.2. The molecule has 4 heteroatoms. The van der Waals surface area contributed by atoms with Gasteiger partial charge in [-0.3, -0.25) is 0 Å². The van der Waals surface area contributed by atoms with Crippen molar-refractivity contribution >= 4 is 0 Å². The average Bonchev–Trinajstić information content (AvgIpc) is 2.90. The molecule has 1 N–H and O–H groups in total. The number of aromatic nitrogens is 1. The Morgan fingerprint density at radius 3 is 2.85 bits per heavy atom. The van der Waals surface area contributed by atoms with Crippen molar-refractivity contribution in [3.63, 3.8) is 0 Å². The molecule has 0 aliphatic heterocycles. The highest BCUT2D eigenvalue weighted by molar-refractivity contribution is 5.31. The normalized spacial score (nSPS) is 12.4. The Balaban J connectivity index is 2.15. The molecule has 3 nitrogen and oxygen atoms in total. The van der Waals surface area contributed by atoms with Gasteiger partial charge in [0, 0.05) is 24.0 Å². The maximum Gasteiger partial charge on any atom is 0.170 e. The lowest BCUT2D eigenvalue weighted by Crippen LogP contribution is -2.17. The molecule has 0 saturated carbocycles. The van der Waals surface area contributed by atoms with Crippen molar-refractivity contribution in [2.75, 3.05) is 13.7 Å². The molecule has 0 radical (unpaired) electrons. The number of rotatable bonds is 6. The van der Waals surface area contributed by atoms with E-state index in [0.717, 1.165) is 6.54 Å². The topological polar surface area (TPSA) is 26.2 Å². The van der Waals surface area contributed by atoms with Crippen LogP contribution in [0, 0.1) is 5.82 Å². The van der Waals surface area contributed by atoms with Gasteiger partial charge in [-0.05, 0) is 31.2 Å². The Hall–Kier alpha value is -1.81. The van der Waals surface area contributed by atoms with Gasteiger partial charge in [-0.1, -0.05) is 19.1 Å². The first-order valence-corrected chi connectivity index (χ1v) is 6.86. The van der Waals surface area contributed by atoms with Crippen LogP contribution in [0.3, 0.4) is 0 Å². The van der Waals surface area contributed by atoms with Crippen LogP contribution in [0.15, 0.2) is 36.7 Å². The van der Waals surface area contributed by atoms with Gasteiger partial charge in [0.25, 0.3) is 0 Å². The molecule has 0 aliphatic rings. The third-order valence-electron chi connectivity index (χ3n) is 3.40. The van der Waals surface area contributed by atoms with Crippen LogP contribution in [0.2, 0.25) is 0 Å². The van der Waals surface area contributed by atoms with E-state index in [4.69, 9.17) is 4.74 Å². The summed E-state index contributed by atoms with van der Waals surface area (Å²) in [7, 11) is 1.48. The molecule has 108 valence electrons. The lowest BCUT2D eigenvalue weighted by molar-refractivity contribution is 0.383. The van der Waals surface area contributed by atoms with Gasteiger partial charge in [-0.15, -0.1) is 0 Å². The predicted octanol–water partition coefficient (Wildman–Crippen LogP) is 3.35. The standard InChI is InChI=1S/C16H21FN2O/c1-4-18-12(2)13-8-9-19(10-13)11-14-6-5-7-15(20-3)16(14)17/h5-10,12,18H,4,11H2,1-3H3. The summed E-state index contributed by atoms with van der Waals surface area (Å²) in [4.78, 5) is 0. The van der Waals surface area contributed by atoms with Crippen LogP contribution in [-0.4, -0.2) is 18.2 Å². The average molecular weight is 276 g/mol. The van der Waals surface area contributed by atoms with E-state index in [1.165, 1.54) is 12.7 Å². The summed E-state index contributed by atoms with van der Waals surface area (Å²) in [6.07, 6.45) is 4.02. The SMILES string of the molecule is CCNC(C)c1ccn(Cc2cccc(OC)c2F)c1. The Kier molecular flexibility index (Phi) is 4.79. The first kappa shape index (κ1) is 14.6. The van der Waals surface area contributed by atoms with Crippen LogP contribution in [0.25, 0.3) is 0 Å². The second kappa shape index (κ2) is 6.57. The van der Waals surface area contributed by atoms with Gasteiger partial charge >= 0.3 is 0 Å². The monoisotopic (exact) mass is 276 g/mol. The Morgan fingerprint density at radius 2 is 2.15 bits per heavy atom. The number of nitrogens with zero attached hydrogens (tertiary/aromatic N) is 1. The molecule has 0 saturated heterocycles. The van der Waals surface area contributed by atoms with E-state index in [0.29, 0.717) is 18.2 Å². The highest BCUT2D eigenvalue weighted by Crippen LogP contribution is 2.21. The molecule has 0 amide bonds. The molecule has 1 unspecified atom stereocenters. The highest BCUT2D eigenvalue weighted by atomic mass is 19.1. The quantitative estimate of drug-likeness (QED) is 0.875. The molecular weight excluding hydrogens is 255 g/mol. The maximum absolute atomic E-state index is 14.1. The van der Waals surface area contributed by atoms with Crippen molar-refractivity contribution in [2.24, 2.45) is 0 Å². The molecular formula is C16H21FN2O. The van der Waals surface area contributed by atoms with Crippen molar-refractivity contribution in [1.82, 2.24) is 9.88 Å². The molecule has 0 fully saturated rings. The summed E-state index contributed by atoms with van der Waals surface area (Å²) in [6.45, 7) is 5.63. The molecule has 2 rings (SSSR count). The second-order valence-corrected chi connectivity index (χ2v) is 4.83. The third-order valence-corrected chi connectivity index (χ3v) is 3.40. The Bertz CT molecular complexity index is 565. The van der Waals surface area contributed by atoms with Crippen molar-refractivity contribution in [3.8, 4) is 5.75 Å². The molecule has 0 aliphatic carbocycles. The zero-order chi connectivity index (χ0) is 14.5. The van der Waals surface area contributed by atoms with Crippen molar-refractivity contribution in [2.45, 2.75) is 26.4 Å². The van der Waals surface area contributed by atoms with Crippen LogP contribution >= 0.6 is 0 Å². The smallest absolute Gasteiger partial charge is 0.170 e. The van der Waals surface area contributed by atoms with E-state index < -0.39 is 0 Å². The summed E-state index contributed by atoms with van der Waals surface area (Å²) in [5.41, 5.74) is 1.83. The molecule has 0 bridgehead atoms. The minimum Gasteiger partial charge on any atom is -0.494 e. The zero-order valence-corrected chi connectivity index (χ0v) is 12.2. The van der Waals surface area contributed by atoms with Crippen LogP contribution < -0.4 is 10.1 Å². The first-order valence-electron chi connectivity index (χ1n) is 6.86. The van der Waals surface area contributed by atoms with Crippen LogP contribution in [0.5, 0.6) is 5.75 Å². The molecule has 1 aromatic carbocycles. The van der Waals surface area contributed by atoms with E-state index in [-0.39, 0.29) is 11.6 Å². The number of halogens is 1. The van der Waals surface area contributed by atoms with Crippen molar-refractivity contribution in [1.29, 1.82) is 0 Å². The van der Waals surface area contributed by atoms with Crippen LogP contribution in [0.4, 0.5) is 4.39 Å². The van der Waals surface area contributed by atoms with Gasteiger partial charge in [-0.25, -0.2) is 4.39 Å². The van der Waals surface area contributed by atoms with E-state index in [9.17, 15) is 4.39 Å². The van der Waals surface area contributed by atoms with Gasteiger partial charge < -0.3 is 14.6 Å². The van der Waals surface area contributed by atoms with Gasteiger partial charge in [0.05, 0.1) is 13.7 Å². The summed E-state index contributed by atoms with van der Waals surface area (Å²) in [6, 6.07) is 7.59. The van der Waals surface area contributed by atoms with E-state index in [1.54, 1.807) is 12.1 Å². The van der Waals surface area contributed by atoms with Crippen LogP contribution in [-0.2, 0) is 6.54 Å². The minimum absolute atomic E-state index is 0.287. The summed E-state index contributed by atoms with van der Waals surface area (Å²) >= 11 is 0. The van der Waals surface area contributed by atoms with Crippen molar-refractivity contribution < 1.29 is 9.13 Å². The Labute approximate surface area is 119 Å². The molecule has 1 heterocycles. The van der Waals surface area contributed by atoms with Gasteiger partial charge in [0.15, 0.2) is 11.6 Å². The number of benzene rings is 1. The molecule has 1 atom stereocenters. The fourth-order valence-electron chi connectivity index (χ4n) is 2.27. The fourth-order valence-corrected chi connectivity index (χ4v) is 2.27. The maximum atomic E-state index is 14.1. The number of nitrogens with one attached hydrogen (secondary N) is 1. The van der Waals surface area contributed by atoms with E-state index >= 15 is 0 Å². The number of hydrogen-bond donors (Lipinski definition) is 1. The van der Waals surface area contributed by atoms with Gasteiger partial charge in [-0.2, -0.15) is 0 Å². The highest BCUT2D eigenvalue weighted by Gasteiger charge is 2.10. The third kappa shape index (κ3) is 3.20. The van der Waals surface area contributed by atoms with Crippen LogP contribution in [0.1, 0.15) is 31.0 Å². The van der Waals surface area contributed by atoms with Gasteiger partial charge in [0.1, 0.15) is 0 Å². The summed E-state index contributed by atoms with van der Waals surface area (Å²) in [5, 5.41) is 3.36. The second-order valence-electron chi connectivity index (χ2n) is 4.83. The van der Waals surface area contributed by atoms with Crippen molar-refractivity contribution in [3.05, 3.63) is 53.6 Å². The lowest BCUT2D eigenvalue weighted by atomic mass is 10.2. The number of methoxy groups -OCH3 is 1. The lowest BCUT2D eigenvalue weighted by Gasteiger charge is -2.10. The molecule has 20 heavy (non-hydrogen) atoms. The Morgan fingerprint density at radius 1 is 1.35 bits per heavy atom. The van der Waals surface area contributed by atoms with E-state index in [1.807, 2.05) is 23.0 Å². The summed E-state index contributed by atoms with van der Waals surface area (Å²) in [5.74, 6) is 0.000814. The largest absolute Gasteiger partial charge is 0.494 e. The molecule has 1 aromatic heterocycles. The van der Waals surface area contributed by atoms with Gasteiger partial charge in [0.2, 0.25) is 0 Å². The number of ether oxygens (including phenoxy) is 1. The fraction of sp³-hybridized carbons (Fsp3) is 0.375. The molecule has 2 aromatic rings. The van der Waals surface area contributed by atoms with E-state index in [2.05, 4.69) is 25.2 Å². The first-order chi connectivity index (χ1) is 9.65. The predicted molar refractivity (Wildman–Crippen MR) is 78.6 cm³/mol. The molecule has 0 spiro atoms. The minimum atomic E-state index is -0.287. The number of hydrogen-bond acceptors (Lipinski definition) is 2. The summed E-state index contributed by atoms with van der Waals surface area (Å²) < 4.78 is 21.1.